The molecule has 0 bridgehead atoms. The van der Waals surface area contributed by atoms with Gasteiger partial charge in [0.2, 0.25) is 5.95 Å². The number of nitrogens with two attached hydrogens (primary N) is 1. The van der Waals surface area contributed by atoms with Crippen LogP contribution in [0.1, 0.15) is 33.9 Å². The lowest BCUT2D eigenvalue weighted by Crippen LogP contribution is -2.41. The molecule has 1 aliphatic heterocycles. The maximum absolute atomic E-state index is 15.9. The lowest BCUT2D eigenvalue weighted by molar-refractivity contribution is -0.149. The second kappa shape index (κ2) is 11.3. The van der Waals surface area contributed by atoms with Crippen molar-refractivity contribution in [1.29, 1.82) is 0 Å². The number of para-hydroxylation sites is 1. The fourth-order valence-electron chi connectivity index (χ4n) is 3.97. The summed E-state index contributed by atoms with van der Waals surface area (Å²) in [5.41, 5.74) is 2.59. The molecule has 6 atom stereocenters. The third-order valence-electron chi connectivity index (χ3n) is 5.86. The number of esters is 1. The van der Waals surface area contributed by atoms with Gasteiger partial charge < -0.3 is 29.4 Å². The van der Waals surface area contributed by atoms with E-state index in [0.717, 1.165) is 6.92 Å². The number of aromatic nitrogens is 4. The van der Waals surface area contributed by atoms with Crippen molar-refractivity contribution >= 4 is 41.5 Å². The van der Waals surface area contributed by atoms with Gasteiger partial charge in [-0.3, -0.25) is 19.1 Å². The first kappa shape index (κ1) is 29.1. The number of aromatic amines is 1. The van der Waals surface area contributed by atoms with Gasteiger partial charge >= 0.3 is 12.6 Å². The number of ether oxygens (including phenoxy) is 2. The summed E-state index contributed by atoms with van der Waals surface area (Å²) in [4.78, 5) is 34.9. The van der Waals surface area contributed by atoms with Crippen LogP contribution in [0.3, 0.4) is 0 Å². The van der Waals surface area contributed by atoms with E-state index in [1.165, 1.54) is 10.9 Å². The van der Waals surface area contributed by atoms with Crippen LogP contribution >= 0.6 is 6.64 Å². The van der Waals surface area contributed by atoms with E-state index in [0.29, 0.717) is 5.75 Å². The first-order valence-corrected chi connectivity index (χ1v) is 14.7. The number of H-pyrrole nitrogens is 1. The molecule has 0 unspecified atom stereocenters. The van der Waals surface area contributed by atoms with Gasteiger partial charge in [0.15, 0.2) is 23.1 Å². The summed E-state index contributed by atoms with van der Waals surface area (Å²) < 4.78 is 40.0. The summed E-state index contributed by atoms with van der Waals surface area (Å²) >= 11 is 5.66. The molecule has 39 heavy (non-hydrogen) atoms. The highest BCUT2D eigenvalue weighted by Gasteiger charge is 2.55. The number of fused-ring (bicyclic) bond motifs is 1. The summed E-state index contributed by atoms with van der Waals surface area (Å²) in [6.45, 7) is 2.24. The van der Waals surface area contributed by atoms with E-state index < -0.39 is 54.9 Å². The normalized spacial score (nSPS) is 25.5. The van der Waals surface area contributed by atoms with Gasteiger partial charge in [0.25, 0.3) is 5.56 Å². The lowest BCUT2D eigenvalue weighted by atomic mass is 9.98. The van der Waals surface area contributed by atoms with Crippen LogP contribution in [0.5, 0.6) is 5.75 Å². The third-order valence-corrected chi connectivity index (χ3v) is 8.35. The number of aliphatic hydroxyl groups excluding tert-OH is 1. The molecule has 0 amide bonds. The van der Waals surface area contributed by atoms with Crippen LogP contribution in [0.15, 0.2) is 41.5 Å². The number of alkyl halides is 1. The Morgan fingerprint density at radius 2 is 2.08 bits per heavy atom. The highest BCUT2D eigenvalue weighted by Crippen LogP contribution is 2.48. The topological polar surface area (TPSA) is 176 Å². The highest BCUT2D eigenvalue weighted by atomic mass is 32.5. The van der Waals surface area contributed by atoms with Crippen molar-refractivity contribution in [2.45, 2.75) is 63.9 Å². The minimum Gasteiger partial charge on any atom is -0.462 e. The van der Waals surface area contributed by atoms with Crippen LogP contribution in [0.4, 0.5) is 10.3 Å². The van der Waals surface area contributed by atoms with Crippen molar-refractivity contribution in [1.82, 2.24) is 24.6 Å². The van der Waals surface area contributed by atoms with Crippen LogP contribution in [0.25, 0.3) is 11.2 Å². The van der Waals surface area contributed by atoms with E-state index in [1.54, 1.807) is 51.1 Å². The van der Waals surface area contributed by atoms with E-state index in [1.807, 2.05) is 0 Å². The van der Waals surface area contributed by atoms with E-state index in [9.17, 15) is 14.7 Å². The maximum atomic E-state index is 15.9. The Morgan fingerprint density at radius 1 is 1.38 bits per heavy atom. The summed E-state index contributed by atoms with van der Waals surface area (Å²) in [7, 11) is 0. The number of anilines is 1. The monoisotopic (exact) mass is 584 g/mol. The van der Waals surface area contributed by atoms with E-state index in [4.69, 9.17) is 36.1 Å². The maximum Gasteiger partial charge on any atom is 0.323 e. The number of halogens is 1. The van der Waals surface area contributed by atoms with Gasteiger partial charge in [0.05, 0.1) is 19.0 Å². The quantitative estimate of drug-likeness (QED) is 0.202. The second-order valence-corrected chi connectivity index (χ2v) is 12.6. The van der Waals surface area contributed by atoms with Crippen molar-refractivity contribution in [2.75, 3.05) is 12.3 Å². The number of nitrogens with one attached hydrogen (secondary N) is 2. The molecular weight excluding hydrogens is 554 g/mol. The van der Waals surface area contributed by atoms with Crippen molar-refractivity contribution < 1.29 is 32.8 Å². The van der Waals surface area contributed by atoms with Crippen LogP contribution in [0.2, 0.25) is 0 Å². The molecule has 1 saturated heterocycles. The Bertz CT molecular complexity index is 1440. The highest BCUT2D eigenvalue weighted by molar-refractivity contribution is 8.09. The molecule has 3 aromatic rings. The van der Waals surface area contributed by atoms with E-state index >= 15 is 4.39 Å². The SMILES string of the molecule is CC(C)OC(=O)[C@@H](C)N[P@@](=S)(OC[C@H]1O[C@@H](n2cnc3c(=O)[nH]c(N)nc32)[C@](C)(F)[C@@H]1O)Oc1ccccc1. The number of carbonyl (C=O) groups excluding carboxylic acids is 1. The molecule has 3 heterocycles. The molecule has 0 radical (unpaired) electrons. The zero-order valence-electron chi connectivity index (χ0n) is 21.6. The van der Waals surface area contributed by atoms with Gasteiger partial charge in [-0.15, -0.1) is 0 Å². The number of benzene rings is 1. The number of nitrogen functional groups attached to an aromatic ring is 1. The number of rotatable bonds is 10. The van der Waals surface area contributed by atoms with Gasteiger partial charge in [-0.1, -0.05) is 18.2 Å². The first-order chi connectivity index (χ1) is 18.3. The van der Waals surface area contributed by atoms with Crippen LogP contribution in [0, 0.1) is 0 Å². The number of nitrogens with zero attached hydrogens (tertiary/aromatic N) is 3. The molecule has 4 rings (SSSR count). The Morgan fingerprint density at radius 3 is 2.74 bits per heavy atom. The molecule has 5 N–H and O–H groups in total. The number of hydrogen-bond donors (Lipinski definition) is 4. The molecule has 0 spiro atoms. The van der Waals surface area contributed by atoms with Crippen LogP contribution < -0.4 is 20.9 Å². The summed E-state index contributed by atoms with van der Waals surface area (Å²) in [5, 5.41) is 13.7. The molecule has 0 saturated carbocycles. The molecule has 0 aliphatic carbocycles. The average Bonchev–Trinajstić information content (AvgIpc) is 3.36. The van der Waals surface area contributed by atoms with Gasteiger partial charge in [0, 0.05) is 0 Å². The standard InChI is InChI=1S/C23H30FN6O7PS/c1-12(2)35-20(33)13(3)29-38(39,37-14-8-6-5-7-9-14)34-10-15-17(31)23(4,24)21(36-15)30-11-26-16-18(30)27-22(25)28-19(16)32/h5-9,11-13,15,17,21,31H,10H2,1-4H3,(H,29,39)(H3,25,27,28,32)/t13-,15-,17-,21-,23-,38-/m1/s1. The fourth-order valence-corrected chi connectivity index (χ4v) is 6.39. The summed E-state index contributed by atoms with van der Waals surface area (Å²) in [6.07, 6.45) is -3.50. The van der Waals surface area contributed by atoms with Crippen molar-refractivity contribution in [2.24, 2.45) is 0 Å². The molecule has 1 fully saturated rings. The Hall–Kier alpha value is -2.94. The smallest absolute Gasteiger partial charge is 0.323 e. The second-order valence-electron chi connectivity index (χ2n) is 9.43. The van der Waals surface area contributed by atoms with Crippen molar-refractivity contribution in [3.8, 4) is 5.75 Å². The van der Waals surface area contributed by atoms with Gasteiger partial charge in [-0.05, 0) is 51.6 Å². The van der Waals surface area contributed by atoms with Crippen LogP contribution in [-0.4, -0.2) is 67.2 Å². The zero-order valence-corrected chi connectivity index (χ0v) is 23.3. The fraction of sp³-hybridized carbons (Fsp3) is 0.478. The molecule has 1 aromatic carbocycles. The van der Waals surface area contributed by atoms with Gasteiger partial charge in [-0.25, -0.2) is 14.5 Å². The number of imidazole rings is 1. The average molecular weight is 585 g/mol. The van der Waals surface area contributed by atoms with Crippen LogP contribution in [-0.2, 0) is 30.6 Å². The molecule has 13 nitrogen and oxygen atoms in total. The number of aliphatic hydroxyl groups is 1. The Kier molecular flexibility index (Phi) is 8.40. The summed E-state index contributed by atoms with van der Waals surface area (Å²) in [6, 6.07) is 7.66. The molecule has 16 heteroatoms. The lowest BCUT2D eigenvalue weighted by Gasteiger charge is -2.28. The predicted molar refractivity (Wildman–Crippen MR) is 143 cm³/mol. The third kappa shape index (κ3) is 6.29. The zero-order chi connectivity index (χ0) is 28.5. The van der Waals surface area contributed by atoms with Gasteiger partial charge in [0.1, 0.15) is 24.0 Å². The summed E-state index contributed by atoms with van der Waals surface area (Å²) in [5.74, 6) is -0.386. The van der Waals surface area contributed by atoms with E-state index in [-0.39, 0.29) is 23.2 Å². The predicted octanol–water partition coefficient (Wildman–Crippen LogP) is 1.94. The van der Waals surface area contributed by atoms with E-state index in [2.05, 4.69) is 20.0 Å². The molecule has 2 aromatic heterocycles. The number of carbonyl (C=O) groups is 1. The van der Waals surface area contributed by atoms with Crippen molar-refractivity contribution in [3.63, 3.8) is 0 Å². The molecule has 1 aliphatic rings. The minimum absolute atomic E-state index is 0.0180. The molecular formula is C23H30FN6O7PS. The largest absolute Gasteiger partial charge is 0.462 e. The van der Waals surface area contributed by atoms with Gasteiger partial charge in [-0.2, -0.15) is 4.98 Å². The first-order valence-electron chi connectivity index (χ1n) is 12.0. The number of hydrogen-bond acceptors (Lipinski definition) is 11. The Labute approximate surface area is 228 Å². The van der Waals surface area contributed by atoms with Crippen molar-refractivity contribution in [3.05, 3.63) is 47.0 Å². The Balaban J connectivity index is 1.56. The minimum atomic E-state index is -3.47. The molecule has 212 valence electrons.